The average Bonchev–Trinajstić information content (AvgIpc) is 4.13. The first kappa shape index (κ1) is 58.4. The predicted molar refractivity (Wildman–Crippen MR) is 289 cm³/mol. The highest BCUT2D eigenvalue weighted by atomic mass is 35.5. The molecule has 5 aromatic carbocycles. The van der Waals surface area contributed by atoms with Gasteiger partial charge in [0, 0.05) is 21.9 Å². The number of thioether (sulfide) groups is 1. The fourth-order valence-corrected chi connectivity index (χ4v) is 13.1. The van der Waals surface area contributed by atoms with Crippen LogP contribution in [0.1, 0.15) is 35.1 Å². The Morgan fingerprint density at radius 1 is 0.709 bits per heavy atom. The Kier molecular flexibility index (Phi) is 16.3. The molecule has 0 unspecified atom stereocenters. The van der Waals surface area contributed by atoms with Crippen molar-refractivity contribution in [1.29, 1.82) is 5.26 Å². The smallest absolute Gasteiger partial charge is 0.296 e. The Balaban J connectivity index is 1.19. The number of thiazole rings is 1. The number of nitrogens with zero attached hydrogens (tertiary/aromatic N) is 10. The standard InChI is InChI=1S/C44H37ClN10O17S7/c1-21-14-31(51-53-38-23(3)27(20-46)42-47-28-8-9-35(78(66,67)68)37(45)40(28)55(42)43(38)56)33(72-10-4-12-75(57,58)59)18-29(21)49-52-32-15-22(2)30(19-34(32)73-11-5-13-76(60,61)62)50-54-44-48-39-36(79(69,70)71)16-24-6-7-25(77(63,64)65)17-26(24)41(39)74-44/h6-9,14-19,56H,4-5,10-13H2,1-3H3,(H,57,58,59)(H,60,61,62)(H,63,64,65)(H,66,67,68)(H,69,70,71). The number of hydrogen-bond acceptors (Lipinski definition) is 23. The number of halogens is 1. The molecule has 8 aromatic rings. The first-order valence-corrected chi connectivity index (χ1v) is 31.8. The minimum Gasteiger partial charge on any atom is -0.493 e. The molecule has 0 saturated carbocycles. The van der Waals surface area contributed by atoms with Crippen LogP contribution in [0.15, 0.2) is 111 Å². The number of fused-ring (bicyclic) bond motifs is 6. The maximum atomic E-state index is 12.5. The van der Waals surface area contributed by atoms with Crippen LogP contribution in [0, 0.1) is 32.1 Å². The van der Waals surface area contributed by atoms with E-state index in [-0.39, 0.29) is 113 Å². The van der Waals surface area contributed by atoms with Gasteiger partial charge in [0.15, 0.2) is 11.3 Å². The average molecular weight is 1240 g/mol. The summed E-state index contributed by atoms with van der Waals surface area (Å²) in [6.45, 7) is 4.34. The monoisotopic (exact) mass is 1240 g/mol. The molecule has 3 aromatic heterocycles. The number of benzene rings is 5. The molecule has 0 bridgehead atoms. The molecule has 414 valence electrons. The number of azo groups is 3. The summed E-state index contributed by atoms with van der Waals surface area (Å²) in [6.07, 6.45) is -0.222. The van der Waals surface area contributed by atoms with Gasteiger partial charge in [0.2, 0.25) is 11.0 Å². The number of ether oxygens (including phenoxy) is 1. The number of nitriles is 1. The van der Waals surface area contributed by atoms with E-state index in [4.69, 9.17) is 16.3 Å². The molecule has 35 heteroatoms. The van der Waals surface area contributed by atoms with E-state index in [2.05, 4.69) is 40.7 Å². The molecule has 6 N–H and O–H groups in total. The number of aromatic hydroxyl groups is 1. The van der Waals surface area contributed by atoms with Gasteiger partial charge >= 0.3 is 0 Å². The lowest BCUT2D eigenvalue weighted by Gasteiger charge is -2.12. The molecule has 0 fully saturated rings. The molecule has 0 aliphatic carbocycles. The zero-order chi connectivity index (χ0) is 57.7. The highest BCUT2D eigenvalue weighted by molar-refractivity contribution is 7.99. The normalized spacial score (nSPS) is 13.1. The second-order valence-corrected chi connectivity index (χ2v) is 26.8. The van der Waals surface area contributed by atoms with Crippen molar-refractivity contribution >= 4 is 157 Å². The van der Waals surface area contributed by atoms with Gasteiger partial charge in [0.25, 0.3) is 50.6 Å². The molecule has 3 heterocycles. The third kappa shape index (κ3) is 13.0. The molecule has 0 radical (unpaired) electrons. The van der Waals surface area contributed by atoms with E-state index in [1.165, 1.54) is 37.3 Å². The highest BCUT2D eigenvalue weighted by Crippen LogP contribution is 2.45. The van der Waals surface area contributed by atoms with Crippen molar-refractivity contribution in [3.8, 4) is 17.7 Å². The number of hydrogen-bond donors (Lipinski definition) is 6. The number of aromatic nitrogens is 3. The maximum absolute atomic E-state index is 12.5. The summed E-state index contributed by atoms with van der Waals surface area (Å²) >= 11 is 8.32. The van der Waals surface area contributed by atoms with Gasteiger partial charge in [-0.3, -0.25) is 27.2 Å². The van der Waals surface area contributed by atoms with Gasteiger partial charge in [-0.15, -0.1) is 37.3 Å². The van der Waals surface area contributed by atoms with Gasteiger partial charge < -0.3 is 9.84 Å². The predicted octanol–water partition coefficient (Wildman–Crippen LogP) is 10.4. The molecule has 0 aliphatic rings. The molecule has 0 spiro atoms. The molecular formula is C44H37ClN10O17S7. The maximum Gasteiger partial charge on any atom is 0.296 e. The second kappa shape index (κ2) is 22.1. The molecule has 27 nitrogen and oxygen atoms in total. The summed E-state index contributed by atoms with van der Waals surface area (Å²) < 4.78 is 174. The molecule has 79 heavy (non-hydrogen) atoms. The number of aryl methyl sites for hydroxylation is 2. The van der Waals surface area contributed by atoms with E-state index in [0.29, 0.717) is 16.0 Å². The Labute approximate surface area is 461 Å². The van der Waals surface area contributed by atoms with Crippen molar-refractivity contribution in [1.82, 2.24) is 14.4 Å². The fraction of sp³-hybridized carbons (Fsp3) is 0.205. The molecule has 0 amide bonds. The van der Waals surface area contributed by atoms with Crippen LogP contribution < -0.4 is 4.74 Å². The zero-order valence-electron chi connectivity index (χ0n) is 40.4. The zero-order valence-corrected chi connectivity index (χ0v) is 46.9. The summed E-state index contributed by atoms with van der Waals surface area (Å²) in [6, 6.07) is 14.5. The largest absolute Gasteiger partial charge is 0.493 e. The molecule has 0 atom stereocenters. The van der Waals surface area contributed by atoms with Gasteiger partial charge in [0.1, 0.15) is 38.4 Å². The summed E-state index contributed by atoms with van der Waals surface area (Å²) in [5.74, 6) is -1.92. The summed E-state index contributed by atoms with van der Waals surface area (Å²) in [7, 11) is -23.2. The first-order valence-electron chi connectivity index (χ1n) is 22.1. The fourth-order valence-electron chi connectivity index (χ4n) is 7.70. The van der Waals surface area contributed by atoms with Crippen molar-refractivity contribution in [2.24, 2.45) is 30.7 Å². The molecule has 8 rings (SSSR count). The van der Waals surface area contributed by atoms with Crippen molar-refractivity contribution in [2.75, 3.05) is 23.9 Å². The van der Waals surface area contributed by atoms with E-state index < -0.39 is 87.7 Å². The van der Waals surface area contributed by atoms with Crippen LogP contribution in [0.3, 0.4) is 0 Å². The third-order valence-corrected chi connectivity index (χ3v) is 18.2. The molecule has 0 aliphatic heterocycles. The molecule has 0 saturated heterocycles. The van der Waals surface area contributed by atoms with E-state index >= 15 is 0 Å². The summed E-state index contributed by atoms with van der Waals surface area (Å²) in [5, 5.41) is 47.5. The van der Waals surface area contributed by atoms with Crippen molar-refractivity contribution in [2.45, 2.75) is 53.2 Å². The van der Waals surface area contributed by atoms with Crippen LogP contribution in [0.25, 0.3) is 37.7 Å². The van der Waals surface area contributed by atoms with Gasteiger partial charge in [-0.1, -0.05) is 29.0 Å². The summed E-state index contributed by atoms with van der Waals surface area (Å²) in [4.78, 5) is 7.14. The Morgan fingerprint density at radius 3 is 1.97 bits per heavy atom. The van der Waals surface area contributed by atoms with Gasteiger partial charge in [-0.2, -0.15) is 52.5 Å². The van der Waals surface area contributed by atoms with E-state index in [1.54, 1.807) is 19.9 Å². The highest BCUT2D eigenvalue weighted by Gasteiger charge is 2.27. The number of rotatable bonds is 19. The lowest BCUT2D eigenvalue weighted by Crippen LogP contribution is -2.08. The Morgan fingerprint density at radius 2 is 1.33 bits per heavy atom. The number of pyridine rings is 1. The topological polar surface area (TPSA) is 429 Å². The SMILES string of the molecule is Cc1cc(N=Nc2cc(OCCCS(=O)(=O)O)c(N=Nc3c(C)c(C#N)c4nc5ccc(S(=O)(=O)O)c(Cl)c5n4c3O)cc2C)c(SCCCS(=O)(=O)O)cc1N=Nc1nc2c(S(=O)(=O)O)cc3ccc(S(=O)(=O)O)cc3c2s1. The van der Waals surface area contributed by atoms with Crippen LogP contribution >= 0.6 is 34.7 Å². The first-order chi connectivity index (χ1) is 36.8. The number of imidazole rings is 1. The lowest BCUT2D eigenvalue weighted by molar-refractivity contribution is 0.317. The van der Waals surface area contributed by atoms with Crippen LogP contribution in [-0.4, -0.2) is 108 Å². The Hall–Kier alpha value is -6.72. The van der Waals surface area contributed by atoms with Crippen LogP contribution in [0.4, 0.5) is 33.6 Å². The lowest BCUT2D eigenvalue weighted by atomic mass is 10.1. The van der Waals surface area contributed by atoms with E-state index in [0.717, 1.165) is 51.8 Å². The van der Waals surface area contributed by atoms with Gasteiger partial charge in [-0.05, 0) is 104 Å². The van der Waals surface area contributed by atoms with Crippen molar-refractivity contribution in [3.05, 3.63) is 87.9 Å². The van der Waals surface area contributed by atoms with Crippen LogP contribution in [-0.2, 0) is 50.6 Å². The van der Waals surface area contributed by atoms with E-state index in [1.807, 2.05) is 6.07 Å². The van der Waals surface area contributed by atoms with Crippen LogP contribution in [0.5, 0.6) is 11.6 Å². The van der Waals surface area contributed by atoms with Crippen molar-refractivity contribution < 1.29 is 74.7 Å². The van der Waals surface area contributed by atoms with Crippen molar-refractivity contribution in [3.63, 3.8) is 0 Å². The summed E-state index contributed by atoms with van der Waals surface area (Å²) in [5.41, 5.74) is 0.398. The van der Waals surface area contributed by atoms with Gasteiger partial charge in [0.05, 0.1) is 60.8 Å². The molecular weight excluding hydrogens is 1200 g/mol. The quantitative estimate of drug-likeness (QED) is 0.0190. The third-order valence-electron chi connectivity index (χ3n) is 11.4. The minimum absolute atomic E-state index is 0.0160. The van der Waals surface area contributed by atoms with Gasteiger partial charge in [-0.25, -0.2) is 9.97 Å². The second-order valence-electron chi connectivity index (χ2n) is 16.9. The minimum atomic E-state index is -4.89. The van der Waals surface area contributed by atoms with E-state index in [9.17, 15) is 75.2 Å². The Bertz CT molecular complexity index is 4620. The van der Waals surface area contributed by atoms with Crippen LogP contribution in [0.2, 0.25) is 5.02 Å².